The summed E-state index contributed by atoms with van der Waals surface area (Å²) in [7, 11) is 1.62. The van der Waals surface area contributed by atoms with Gasteiger partial charge in [0, 0.05) is 19.6 Å². The van der Waals surface area contributed by atoms with Gasteiger partial charge in [0.05, 0.1) is 18.6 Å². The summed E-state index contributed by atoms with van der Waals surface area (Å²) >= 11 is 0. The van der Waals surface area contributed by atoms with Gasteiger partial charge < -0.3 is 14.4 Å². The van der Waals surface area contributed by atoms with E-state index >= 15 is 0 Å². The van der Waals surface area contributed by atoms with Crippen molar-refractivity contribution in [2.45, 2.75) is 12.0 Å². The number of terminal acetylenes is 1. The van der Waals surface area contributed by atoms with Gasteiger partial charge in [-0.1, -0.05) is 54.5 Å². The molecule has 1 heterocycles. The number of hydrogen-bond donors (Lipinski definition) is 0. The number of amides is 1. The number of rotatable bonds is 3. The summed E-state index contributed by atoms with van der Waals surface area (Å²) < 4.78 is 11.0. The molecule has 0 saturated carbocycles. The number of nitrogens with zero attached hydrogens (tertiary/aromatic N) is 1. The molecular formula is C22H21NO3. The van der Waals surface area contributed by atoms with E-state index in [1.165, 1.54) is 22.3 Å². The zero-order chi connectivity index (χ0) is 18.1. The first-order valence-corrected chi connectivity index (χ1v) is 8.81. The van der Waals surface area contributed by atoms with Crippen LogP contribution in [0.3, 0.4) is 0 Å². The quantitative estimate of drug-likeness (QED) is 0.798. The Kier molecular flexibility index (Phi) is 4.40. The fourth-order valence-corrected chi connectivity index (χ4v) is 4.01. The van der Waals surface area contributed by atoms with Crippen LogP contribution in [0.15, 0.2) is 48.5 Å². The third-order valence-electron chi connectivity index (χ3n) is 5.38. The van der Waals surface area contributed by atoms with Gasteiger partial charge in [-0.25, -0.2) is 4.79 Å². The molecule has 0 spiro atoms. The smallest absolute Gasteiger partial charge is 0.409 e. The minimum Gasteiger partial charge on any atom is -0.448 e. The number of hydrogen-bond acceptors (Lipinski definition) is 3. The van der Waals surface area contributed by atoms with E-state index in [0.29, 0.717) is 19.7 Å². The molecule has 0 bridgehead atoms. The summed E-state index contributed by atoms with van der Waals surface area (Å²) in [6.07, 6.45) is 5.08. The summed E-state index contributed by atoms with van der Waals surface area (Å²) in [5.41, 5.74) is 4.85. The highest BCUT2D eigenvalue weighted by Crippen LogP contribution is 2.44. The molecular weight excluding hydrogens is 326 g/mol. The van der Waals surface area contributed by atoms with Crippen LogP contribution >= 0.6 is 0 Å². The van der Waals surface area contributed by atoms with Crippen LogP contribution in [0, 0.1) is 18.3 Å². The van der Waals surface area contributed by atoms with Crippen molar-refractivity contribution in [2.75, 3.05) is 26.8 Å². The van der Waals surface area contributed by atoms with Crippen molar-refractivity contribution in [3.05, 3.63) is 59.7 Å². The van der Waals surface area contributed by atoms with Crippen LogP contribution in [0.5, 0.6) is 0 Å². The summed E-state index contributed by atoms with van der Waals surface area (Å²) in [5.74, 6) is 2.68. The summed E-state index contributed by atoms with van der Waals surface area (Å²) in [4.78, 5) is 14.2. The van der Waals surface area contributed by atoms with Crippen molar-refractivity contribution in [3.63, 3.8) is 0 Å². The molecule has 132 valence electrons. The van der Waals surface area contributed by atoms with Gasteiger partial charge in [-0.15, -0.1) is 6.42 Å². The first-order valence-electron chi connectivity index (χ1n) is 8.81. The minimum absolute atomic E-state index is 0.0654. The lowest BCUT2D eigenvalue weighted by molar-refractivity contribution is 0.0814. The number of ether oxygens (including phenoxy) is 2. The highest BCUT2D eigenvalue weighted by Gasteiger charge is 2.36. The molecule has 1 saturated heterocycles. The molecule has 2 atom stereocenters. The van der Waals surface area contributed by atoms with E-state index in [1.54, 1.807) is 12.0 Å². The second kappa shape index (κ2) is 6.86. The van der Waals surface area contributed by atoms with E-state index in [1.807, 2.05) is 24.3 Å². The van der Waals surface area contributed by atoms with Gasteiger partial charge in [0.25, 0.3) is 0 Å². The Labute approximate surface area is 153 Å². The Balaban J connectivity index is 1.49. The van der Waals surface area contributed by atoms with Gasteiger partial charge in [0.1, 0.15) is 6.61 Å². The number of carbonyl (C=O) groups is 1. The van der Waals surface area contributed by atoms with Crippen LogP contribution in [0.4, 0.5) is 4.79 Å². The number of likely N-dealkylation sites (tertiary alicyclic amines) is 1. The van der Waals surface area contributed by atoms with Gasteiger partial charge in [-0.3, -0.25) is 0 Å². The van der Waals surface area contributed by atoms with Crippen LogP contribution in [0.1, 0.15) is 17.0 Å². The topological polar surface area (TPSA) is 38.8 Å². The molecule has 0 radical (unpaired) electrons. The molecule has 1 amide bonds. The lowest BCUT2D eigenvalue weighted by Crippen LogP contribution is -2.31. The van der Waals surface area contributed by atoms with E-state index in [0.717, 1.165) is 0 Å². The third kappa shape index (κ3) is 2.75. The number of benzene rings is 2. The average molecular weight is 347 g/mol. The van der Waals surface area contributed by atoms with Gasteiger partial charge in [-0.05, 0) is 22.3 Å². The molecule has 4 nitrogen and oxygen atoms in total. The number of carbonyl (C=O) groups excluding carboxylic acids is 1. The van der Waals surface area contributed by atoms with Crippen molar-refractivity contribution in [3.8, 4) is 23.5 Å². The molecule has 1 aliphatic heterocycles. The predicted molar refractivity (Wildman–Crippen MR) is 99.8 cm³/mol. The summed E-state index contributed by atoms with van der Waals surface area (Å²) in [5, 5.41) is 0. The molecule has 2 aliphatic rings. The third-order valence-corrected chi connectivity index (χ3v) is 5.38. The minimum atomic E-state index is -0.327. The van der Waals surface area contributed by atoms with Crippen molar-refractivity contribution in [1.29, 1.82) is 0 Å². The van der Waals surface area contributed by atoms with Crippen molar-refractivity contribution in [2.24, 2.45) is 5.92 Å². The Bertz CT molecular complexity index is 824. The van der Waals surface area contributed by atoms with Crippen molar-refractivity contribution < 1.29 is 14.3 Å². The molecule has 1 aliphatic carbocycles. The first-order chi connectivity index (χ1) is 12.7. The number of methoxy groups -OCH3 is 1. The fraction of sp³-hybridized carbons (Fsp3) is 0.318. The van der Waals surface area contributed by atoms with Crippen LogP contribution in [-0.2, 0) is 9.47 Å². The Morgan fingerprint density at radius 2 is 1.73 bits per heavy atom. The van der Waals surface area contributed by atoms with E-state index < -0.39 is 0 Å². The van der Waals surface area contributed by atoms with Crippen LogP contribution in [0.25, 0.3) is 11.1 Å². The molecule has 0 unspecified atom stereocenters. The molecule has 2 aromatic rings. The maximum absolute atomic E-state index is 12.5. The van der Waals surface area contributed by atoms with Crippen LogP contribution in [0.2, 0.25) is 0 Å². The molecule has 0 N–H and O–H groups in total. The van der Waals surface area contributed by atoms with Gasteiger partial charge >= 0.3 is 6.09 Å². The zero-order valence-corrected chi connectivity index (χ0v) is 14.7. The standard InChI is InChI=1S/C22H21NO3/c1-3-15-12-23(13-21(15)25-2)22(24)26-14-20-18-10-6-4-8-16(18)17-9-5-7-11-19(17)20/h1,4-11,15,20-21H,12-14H2,2H3/t15-,21-/m1/s1. The molecule has 2 aromatic carbocycles. The van der Waals surface area contributed by atoms with Crippen molar-refractivity contribution in [1.82, 2.24) is 4.90 Å². The second-order valence-corrected chi connectivity index (χ2v) is 6.76. The normalized spacial score (nSPS) is 21.2. The molecule has 26 heavy (non-hydrogen) atoms. The van der Waals surface area contributed by atoms with Gasteiger partial charge in [0.2, 0.25) is 0 Å². The highest BCUT2D eigenvalue weighted by molar-refractivity contribution is 5.79. The Hall–Kier alpha value is -2.77. The second-order valence-electron chi connectivity index (χ2n) is 6.76. The van der Waals surface area contributed by atoms with E-state index in [4.69, 9.17) is 15.9 Å². The van der Waals surface area contributed by atoms with Crippen LogP contribution in [-0.4, -0.2) is 43.9 Å². The van der Waals surface area contributed by atoms with E-state index in [9.17, 15) is 4.79 Å². The monoisotopic (exact) mass is 347 g/mol. The lowest BCUT2D eigenvalue weighted by atomic mass is 9.98. The SMILES string of the molecule is C#C[C@@H]1CN(C(=O)OCC2c3ccccc3-c3ccccc32)C[C@H]1OC. The predicted octanol–water partition coefficient (Wildman–Crippen LogP) is 3.52. The van der Waals surface area contributed by atoms with Crippen LogP contribution < -0.4 is 0 Å². The maximum Gasteiger partial charge on any atom is 0.409 e. The van der Waals surface area contributed by atoms with Crippen molar-refractivity contribution >= 4 is 6.09 Å². The Morgan fingerprint density at radius 1 is 1.12 bits per heavy atom. The summed E-state index contributed by atoms with van der Waals surface area (Å²) in [6, 6.07) is 16.6. The Morgan fingerprint density at radius 3 is 2.27 bits per heavy atom. The molecule has 1 fully saturated rings. The molecule has 4 rings (SSSR count). The fourth-order valence-electron chi connectivity index (χ4n) is 4.01. The number of fused-ring (bicyclic) bond motifs is 3. The van der Waals surface area contributed by atoms with E-state index in [2.05, 4.69) is 30.2 Å². The lowest BCUT2D eigenvalue weighted by Gasteiger charge is -2.19. The molecule has 0 aromatic heterocycles. The molecule has 4 heteroatoms. The van der Waals surface area contributed by atoms with Gasteiger partial charge in [0.15, 0.2) is 0 Å². The first kappa shape index (κ1) is 16.7. The summed E-state index contributed by atoms with van der Waals surface area (Å²) in [6.45, 7) is 1.27. The largest absolute Gasteiger partial charge is 0.448 e. The highest BCUT2D eigenvalue weighted by atomic mass is 16.6. The average Bonchev–Trinajstić information content (AvgIpc) is 3.25. The van der Waals surface area contributed by atoms with E-state index in [-0.39, 0.29) is 24.0 Å². The maximum atomic E-state index is 12.5. The van der Waals surface area contributed by atoms with Gasteiger partial charge in [-0.2, -0.15) is 0 Å². The zero-order valence-electron chi connectivity index (χ0n) is 14.7.